The van der Waals surface area contributed by atoms with Crippen LogP contribution in [0.1, 0.15) is 103 Å². The molecule has 1 rings (SSSR count). The Morgan fingerprint density at radius 1 is 0.782 bits per heavy atom. The van der Waals surface area contributed by atoms with Crippen molar-refractivity contribution in [1.82, 2.24) is 0 Å². The number of hydrogen-bond acceptors (Lipinski definition) is 10. The van der Waals surface area contributed by atoms with E-state index in [9.17, 15) is 36.0 Å². The number of hydrogen-bond donors (Lipinski definition) is 0. The van der Waals surface area contributed by atoms with Crippen LogP contribution >= 0.6 is 0 Å². The Labute approximate surface area is 374 Å². The average Bonchev–Trinajstić information content (AvgIpc) is 3.06. The van der Waals surface area contributed by atoms with E-state index < -0.39 is 43.5 Å². The van der Waals surface area contributed by atoms with Crippen LogP contribution in [-0.2, 0) is 42.7 Å². The van der Waals surface area contributed by atoms with Crippen molar-refractivity contribution in [3.63, 3.8) is 0 Å². The van der Waals surface area contributed by atoms with Crippen molar-refractivity contribution in [2.24, 2.45) is 10.8 Å². The van der Waals surface area contributed by atoms with Gasteiger partial charge in [-0.15, -0.1) is 0 Å². The van der Waals surface area contributed by atoms with Gasteiger partial charge in [-0.05, 0) is 109 Å². The number of methoxy groups -OCH3 is 1. The molecular weight excluding hydrogens is 803 g/mol. The van der Waals surface area contributed by atoms with Crippen LogP contribution in [0.5, 0.6) is 0 Å². The largest absolute Gasteiger partial charge is 1.00 e. The van der Waals surface area contributed by atoms with Gasteiger partial charge in [-0.1, -0.05) is 52.0 Å². The molecule has 0 saturated heterocycles. The molecule has 0 bridgehead atoms. The van der Waals surface area contributed by atoms with Gasteiger partial charge in [0.2, 0.25) is 0 Å². The number of halogens is 3. The molecule has 1 atom stereocenters. The van der Waals surface area contributed by atoms with Crippen molar-refractivity contribution >= 4 is 44.5 Å². The average molecular weight is 870 g/mol. The van der Waals surface area contributed by atoms with Crippen molar-refractivity contribution in [2.75, 3.05) is 40.1 Å². The first-order valence-corrected chi connectivity index (χ1v) is 26.3. The van der Waals surface area contributed by atoms with Gasteiger partial charge in [-0.25, -0.2) is 8.42 Å². The van der Waals surface area contributed by atoms with Crippen LogP contribution in [-0.4, -0.2) is 88.6 Å². The summed E-state index contributed by atoms with van der Waals surface area (Å²) in [4.78, 5) is 34.7. The van der Waals surface area contributed by atoms with Gasteiger partial charge in [0, 0.05) is 7.11 Å². The van der Waals surface area contributed by atoms with Crippen LogP contribution in [0.25, 0.3) is 4.72 Å². The summed E-state index contributed by atoms with van der Waals surface area (Å²) in [6, 6.07) is 6.71. The zero-order chi connectivity index (χ0) is 42.6. The third-order valence-electron chi connectivity index (χ3n) is 8.34. The van der Waals surface area contributed by atoms with Crippen molar-refractivity contribution in [2.45, 2.75) is 131 Å². The second-order valence-electron chi connectivity index (χ2n) is 15.7. The number of benzene rings is 1. The number of sulfonamides is 1. The number of carbonyl (C=O) groups excluding carboxylic acids is 3. The zero-order valence-corrected chi connectivity index (χ0v) is 42.0. The molecule has 0 spiro atoms. The standard InChI is InChI=1S/C14H32O3Si2.C12H14F3NO3S.C11H22O4.K/c1-9-14(2,3)13(15)16-11-10-12-19(7,8)17-18(4,5)6;1-3-8(2)9-4-6-10(7-5-9)11(17)16-20(18,19)12(13,14)15;1-5-11(2,3)10(12)15-9-8-14-7-6-13-4;/h9-12H2,1-8H3;4-8H,3H2,1-2H3,(H,16,17);5-9H2,1-4H3;/q;;;+1/p-1. The first-order valence-electron chi connectivity index (χ1n) is 18.3. The molecule has 1 aromatic carbocycles. The normalized spacial score (nSPS) is 12.8. The number of alkyl halides is 3. The summed E-state index contributed by atoms with van der Waals surface area (Å²) in [5.41, 5.74) is -5.62. The molecule has 0 aliphatic rings. The molecule has 0 aliphatic heterocycles. The molecule has 0 aromatic heterocycles. The topological polar surface area (TPSA) is 146 Å². The molecule has 1 amide bonds. The van der Waals surface area contributed by atoms with E-state index in [1.807, 2.05) is 55.4 Å². The molecule has 55 heavy (non-hydrogen) atoms. The number of amides is 1. The van der Waals surface area contributed by atoms with Crippen molar-refractivity contribution in [1.29, 1.82) is 0 Å². The molecule has 1 aromatic rings. The molecule has 1 unspecified atom stereocenters. The van der Waals surface area contributed by atoms with Crippen LogP contribution in [0.4, 0.5) is 13.2 Å². The van der Waals surface area contributed by atoms with E-state index >= 15 is 0 Å². The van der Waals surface area contributed by atoms with Crippen LogP contribution < -0.4 is 51.4 Å². The zero-order valence-electron chi connectivity index (χ0n) is 36.0. The summed E-state index contributed by atoms with van der Waals surface area (Å²) in [6.07, 6.45) is 3.36. The van der Waals surface area contributed by atoms with E-state index in [1.54, 1.807) is 19.2 Å². The van der Waals surface area contributed by atoms with Crippen LogP contribution in [0.3, 0.4) is 0 Å². The number of nitrogens with zero attached hydrogens (tertiary/aromatic N) is 1. The quantitative estimate of drug-likeness (QED) is 0.0798. The summed E-state index contributed by atoms with van der Waals surface area (Å²) >= 11 is 0. The third kappa shape index (κ3) is 26.1. The number of esters is 2. The van der Waals surface area contributed by atoms with Gasteiger partial charge < -0.3 is 32.6 Å². The second kappa shape index (κ2) is 27.2. The van der Waals surface area contributed by atoms with Gasteiger partial charge in [0.1, 0.15) is 6.61 Å². The van der Waals surface area contributed by atoms with E-state index in [1.165, 1.54) is 12.1 Å². The monoisotopic (exact) mass is 869 g/mol. The summed E-state index contributed by atoms with van der Waals surface area (Å²) in [7, 11) is -7.23. The van der Waals surface area contributed by atoms with Crippen molar-refractivity contribution in [3.05, 3.63) is 40.1 Å². The minimum atomic E-state index is -5.80. The first kappa shape index (κ1) is 58.6. The second-order valence-corrected chi connectivity index (χ2v) is 26.3. The smallest absolute Gasteiger partial charge is 0.534 e. The minimum Gasteiger partial charge on any atom is -0.534 e. The Balaban J connectivity index is -0.000000739. The summed E-state index contributed by atoms with van der Waals surface area (Å²) in [6.45, 7) is 29.1. The molecule has 11 nitrogen and oxygen atoms in total. The molecule has 18 heteroatoms. The van der Waals surface area contributed by atoms with Crippen LogP contribution in [0.15, 0.2) is 24.3 Å². The maximum Gasteiger partial charge on any atom is 1.00 e. The van der Waals surface area contributed by atoms with E-state index in [2.05, 4.69) is 37.5 Å². The molecule has 0 aliphatic carbocycles. The summed E-state index contributed by atoms with van der Waals surface area (Å²) < 4.78 is 86.7. The third-order valence-corrected chi connectivity index (χ3v) is 15.5. The van der Waals surface area contributed by atoms with E-state index in [0.29, 0.717) is 33.0 Å². The van der Waals surface area contributed by atoms with Gasteiger partial charge >= 0.3 is 68.8 Å². The maximum atomic E-state index is 12.1. The Morgan fingerprint density at radius 3 is 1.64 bits per heavy atom. The SMILES string of the molecule is CCC(C)(C)C(=O)OCCC[Si](C)(C)O[Si](C)(C)C.CCC(C)(C)C(=O)OCCOCCOC.CCC(C)c1ccc(C(=O)[N-]S(=O)(=O)C(F)(F)F)cc1.[K+]. The predicted molar refractivity (Wildman–Crippen MR) is 212 cm³/mol. The fourth-order valence-corrected chi connectivity index (χ4v) is 12.5. The first-order chi connectivity index (χ1) is 24.5. The van der Waals surface area contributed by atoms with E-state index in [-0.39, 0.29) is 80.2 Å². The van der Waals surface area contributed by atoms with Gasteiger partial charge in [0.25, 0.3) is 0 Å². The molecule has 316 valence electrons. The van der Waals surface area contributed by atoms with Crippen molar-refractivity contribution in [3.8, 4) is 0 Å². The van der Waals surface area contributed by atoms with Crippen LogP contribution in [0, 0.1) is 10.8 Å². The summed E-state index contributed by atoms with van der Waals surface area (Å²) in [5.74, 6) is -1.45. The van der Waals surface area contributed by atoms with Gasteiger partial charge in [0.15, 0.2) is 26.7 Å². The van der Waals surface area contributed by atoms with E-state index in [0.717, 1.165) is 37.3 Å². The fourth-order valence-electron chi connectivity index (χ4n) is 4.06. The number of rotatable bonds is 20. The van der Waals surface area contributed by atoms with Crippen molar-refractivity contribution < 1.29 is 110 Å². The molecule has 0 radical (unpaired) electrons. The molecule has 0 saturated carbocycles. The van der Waals surface area contributed by atoms with Gasteiger partial charge in [-0.2, -0.15) is 13.2 Å². The van der Waals surface area contributed by atoms with E-state index in [4.69, 9.17) is 23.1 Å². The summed E-state index contributed by atoms with van der Waals surface area (Å²) in [5, 5.41) is 0. The Hall–Kier alpha value is -0.680. The Kier molecular flexibility index (Phi) is 28.9. The molecule has 0 heterocycles. The predicted octanol–water partition coefficient (Wildman–Crippen LogP) is 6.61. The van der Waals surface area contributed by atoms with Gasteiger partial charge in [-0.3, -0.25) is 9.59 Å². The Bertz CT molecular complexity index is 1370. The molecular formula is C37H67F3KNO10SSi2. The minimum absolute atomic E-state index is 0. The molecule has 0 N–H and O–H groups in total. The fraction of sp³-hybridized carbons (Fsp3) is 0.757. The Morgan fingerprint density at radius 2 is 1.24 bits per heavy atom. The number of carbonyl (C=O) groups is 3. The molecule has 0 fully saturated rings. The number of ether oxygens (including phenoxy) is 4. The van der Waals surface area contributed by atoms with Gasteiger partial charge in [0.05, 0.1) is 43.2 Å². The maximum absolute atomic E-state index is 12.1. The van der Waals surface area contributed by atoms with Crippen LogP contribution in [0.2, 0.25) is 38.8 Å².